The van der Waals surface area contributed by atoms with Crippen molar-refractivity contribution in [2.45, 2.75) is 19.1 Å². The Morgan fingerprint density at radius 2 is 2.38 bits per heavy atom. The molecule has 5 nitrogen and oxygen atoms in total. The molecule has 2 heterocycles. The molecular formula is C8H9N3O2. The van der Waals surface area contributed by atoms with Gasteiger partial charge in [-0.2, -0.15) is 0 Å². The zero-order valence-electron chi connectivity index (χ0n) is 7.10. The lowest BCUT2D eigenvalue weighted by Gasteiger charge is -2.10. The van der Waals surface area contributed by atoms with Crippen molar-refractivity contribution in [3.05, 3.63) is 24.3 Å². The van der Waals surface area contributed by atoms with Crippen molar-refractivity contribution in [3.63, 3.8) is 0 Å². The summed E-state index contributed by atoms with van der Waals surface area (Å²) >= 11 is 0. The number of aromatic nitrogens is 2. The Labute approximate surface area is 75.1 Å². The van der Waals surface area contributed by atoms with Crippen molar-refractivity contribution >= 4 is 6.09 Å². The van der Waals surface area contributed by atoms with Gasteiger partial charge < -0.3 is 10.1 Å². The van der Waals surface area contributed by atoms with Crippen LogP contribution in [0.4, 0.5) is 4.79 Å². The van der Waals surface area contributed by atoms with Gasteiger partial charge in [0, 0.05) is 12.4 Å². The van der Waals surface area contributed by atoms with Gasteiger partial charge in [-0.3, -0.25) is 9.97 Å². The minimum Gasteiger partial charge on any atom is -0.437 e. The van der Waals surface area contributed by atoms with E-state index < -0.39 is 6.09 Å². The van der Waals surface area contributed by atoms with Gasteiger partial charge >= 0.3 is 6.09 Å². The number of carbonyl (C=O) groups is 1. The average Bonchev–Trinajstić information content (AvgIpc) is 2.47. The molecule has 2 rings (SSSR count). The van der Waals surface area contributed by atoms with Crippen molar-refractivity contribution in [1.82, 2.24) is 15.3 Å². The number of nitrogens with one attached hydrogen (secondary N) is 1. The summed E-state index contributed by atoms with van der Waals surface area (Å²) in [7, 11) is 0. The molecule has 1 N–H and O–H groups in total. The molecule has 0 radical (unpaired) electrons. The topological polar surface area (TPSA) is 64.1 Å². The number of amides is 1. The van der Waals surface area contributed by atoms with E-state index in [-0.39, 0.29) is 12.1 Å². The Hall–Kier alpha value is -1.65. The fraction of sp³-hybridized carbons (Fsp3) is 0.375. The first-order valence-corrected chi connectivity index (χ1v) is 4.00. The van der Waals surface area contributed by atoms with Gasteiger partial charge in [-0.05, 0) is 6.92 Å². The van der Waals surface area contributed by atoms with Gasteiger partial charge in [0.25, 0.3) is 0 Å². The van der Waals surface area contributed by atoms with Gasteiger partial charge in [0.15, 0.2) is 6.10 Å². The monoisotopic (exact) mass is 179 g/mol. The van der Waals surface area contributed by atoms with Gasteiger partial charge in [-0.1, -0.05) is 0 Å². The highest BCUT2D eigenvalue weighted by atomic mass is 16.6. The van der Waals surface area contributed by atoms with Gasteiger partial charge in [0.05, 0.1) is 12.2 Å². The third-order valence-electron chi connectivity index (χ3n) is 1.91. The second kappa shape index (κ2) is 3.01. The summed E-state index contributed by atoms with van der Waals surface area (Å²) in [5.74, 6) is 0. The van der Waals surface area contributed by atoms with Crippen LogP contribution in [0.2, 0.25) is 0 Å². The van der Waals surface area contributed by atoms with E-state index in [2.05, 4.69) is 15.3 Å². The standard InChI is InChI=1S/C8H9N3O2/c1-5-7(13-8(12)11-5)6-4-9-2-3-10-6/h2-5,7H,1H3,(H,11,12)/t5-,7+/m0/s1. The molecule has 1 saturated heterocycles. The van der Waals surface area contributed by atoms with Crippen LogP contribution >= 0.6 is 0 Å². The van der Waals surface area contributed by atoms with E-state index in [1.807, 2.05) is 6.92 Å². The minimum atomic E-state index is -0.400. The molecule has 0 aliphatic carbocycles. The molecule has 0 unspecified atom stereocenters. The van der Waals surface area contributed by atoms with Crippen LogP contribution in [0.3, 0.4) is 0 Å². The fourth-order valence-corrected chi connectivity index (χ4v) is 1.29. The van der Waals surface area contributed by atoms with Crippen molar-refractivity contribution in [2.75, 3.05) is 0 Å². The van der Waals surface area contributed by atoms with E-state index in [0.29, 0.717) is 5.69 Å². The number of carbonyl (C=O) groups excluding carboxylic acids is 1. The van der Waals surface area contributed by atoms with E-state index in [1.165, 1.54) is 0 Å². The summed E-state index contributed by atoms with van der Waals surface area (Å²) in [6.07, 6.45) is 4.04. The average molecular weight is 179 g/mol. The van der Waals surface area contributed by atoms with E-state index in [4.69, 9.17) is 4.74 Å². The Morgan fingerprint density at radius 3 is 2.92 bits per heavy atom. The summed E-state index contributed by atoms with van der Waals surface area (Å²) in [5.41, 5.74) is 0.674. The molecule has 1 aliphatic rings. The SMILES string of the molecule is C[C@@H]1NC(=O)O[C@H]1c1cnccn1. The fourth-order valence-electron chi connectivity index (χ4n) is 1.29. The van der Waals surface area contributed by atoms with Crippen molar-refractivity contribution in [3.8, 4) is 0 Å². The van der Waals surface area contributed by atoms with Crippen LogP contribution < -0.4 is 5.32 Å². The number of nitrogens with zero attached hydrogens (tertiary/aromatic N) is 2. The molecule has 13 heavy (non-hydrogen) atoms. The summed E-state index contributed by atoms with van der Waals surface area (Å²) in [6, 6.07) is -0.0517. The molecule has 1 aliphatic heterocycles. The smallest absolute Gasteiger partial charge is 0.408 e. The molecule has 0 bridgehead atoms. The molecule has 1 aromatic heterocycles. The summed E-state index contributed by atoms with van der Waals surface area (Å²) in [6.45, 7) is 1.87. The molecule has 1 aromatic rings. The molecule has 0 saturated carbocycles. The lowest BCUT2D eigenvalue weighted by Crippen LogP contribution is -2.24. The Balaban J connectivity index is 2.23. The first kappa shape index (κ1) is 7.97. The van der Waals surface area contributed by atoms with Crippen LogP contribution in [-0.2, 0) is 4.74 Å². The van der Waals surface area contributed by atoms with Gasteiger partial charge in [-0.15, -0.1) is 0 Å². The molecule has 68 valence electrons. The molecule has 2 atom stereocenters. The van der Waals surface area contributed by atoms with Crippen molar-refractivity contribution in [2.24, 2.45) is 0 Å². The van der Waals surface area contributed by atoms with Crippen LogP contribution in [-0.4, -0.2) is 22.1 Å². The highest BCUT2D eigenvalue weighted by Crippen LogP contribution is 2.23. The zero-order valence-corrected chi connectivity index (χ0v) is 7.10. The third kappa shape index (κ3) is 1.44. The van der Waals surface area contributed by atoms with Crippen LogP contribution in [0.15, 0.2) is 18.6 Å². The minimum absolute atomic E-state index is 0.0517. The van der Waals surface area contributed by atoms with Crippen molar-refractivity contribution in [1.29, 1.82) is 0 Å². The number of hydrogen-bond donors (Lipinski definition) is 1. The largest absolute Gasteiger partial charge is 0.437 e. The van der Waals surface area contributed by atoms with E-state index >= 15 is 0 Å². The molecule has 1 fully saturated rings. The summed E-state index contributed by atoms with van der Waals surface area (Å²) in [5, 5.41) is 2.64. The number of ether oxygens (including phenoxy) is 1. The van der Waals surface area contributed by atoms with E-state index in [1.54, 1.807) is 18.6 Å². The Kier molecular flexibility index (Phi) is 1.84. The first-order valence-electron chi connectivity index (χ1n) is 4.00. The quantitative estimate of drug-likeness (QED) is 0.687. The Morgan fingerprint density at radius 1 is 1.54 bits per heavy atom. The van der Waals surface area contributed by atoms with Crippen molar-refractivity contribution < 1.29 is 9.53 Å². The normalized spacial score (nSPS) is 26.7. The molecule has 5 heteroatoms. The van der Waals surface area contributed by atoms with Gasteiger partial charge in [0.1, 0.15) is 5.69 Å². The highest BCUT2D eigenvalue weighted by molar-refractivity contribution is 5.70. The van der Waals surface area contributed by atoms with Crippen LogP contribution in [0.5, 0.6) is 0 Å². The zero-order chi connectivity index (χ0) is 9.26. The van der Waals surface area contributed by atoms with E-state index in [0.717, 1.165) is 0 Å². The van der Waals surface area contributed by atoms with Gasteiger partial charge in [-0.25, -0.2) is 4.79 Å². The van der Waals surface area contributed by atoms with Gasteiger partial charge in [0.2, 0.25) is 0 Å². The second-order valence-corrected chi connectivity index (χ2v) is 2.89. The second-order valence-electron chi connectivity index (χ2n) is 2.89. The lowest BCUT2D eigenvalue weighted by atomic mass is 10.1. The lowest BCUT2D eigenvalue weighted by molar-refractivity contribution is 0.131. The third-order valence-corrected chi connectivity index (χ3v) is 1.91. The predicted molar refractivity (Wildman–Crippen MR) is 43.9 cm³/mol. The number of hydrogen-bond acceptors (Lipinski definition) is 4. The molecular weight excluding hydrogens is 170 g/mol. The Bertz CT molecular complexity index is 314. The van der Waals surface area contributed by atoms with Crippen LogP contribution in [0.25, 0.3) is 0 Å². The number of alkyl carbamates (subject to hydrolysis) is 1. The molecule has 0 spiro atoms. The number of cyclic esters (lactones) is 1. The molecule has 1 amide bonds. The first-order chi connectivity index (χ1) is 6.27. The molecule has 0 aromatic carbocycles. The van der Waals surface area contributed by atoms with Crippen LogP contribution in [0, 0.1) is 0 Å². The maximum atomic E-state index is 10.9. The maximum absolute atomic E-state index is 10.9. The summed E-state index contributed by atoms with van der Waals surface area (Å²) < 4.78 is 5.01. The van der Waals surface area contributed by atoms with E-state index in [9.17, 15) is 4.79 Å². The summed E-state index contributed by atoms with van der Waals surface area (Å²) in [4.78, 5) is 18.8. The number of rotatable bonds is 1. The maximum Gasteiger partial charge on any atom is 0.408 e. The highest BCUT2D eigenvalue weighted by Gasteiger charge is 2.32. The predicted octanol–water partition coefficient (Wildman–Crippen LogP) is 0.646. The van der Waals surface area contributed by atoms with Crippen LogP contribution in [0.1, 0.15) is 18.7 Å².